The summed E-state index contributed by atoms with van der Waals surface area (Å²) < 4.78 is 0. The minimum atomic E-state index is -0.315. The molecular formula is C15H25N3O2S. The lowest BCUT2D eigenvalue weighted by Crippen LogP contribution is -2.47. The monoisotopic (exact) mass is 311 g/mol. The van der Waals surface area contributed by atoms with Crippen molar-refractivity contribution in [1.29, 1.82) is 0 Å². The zero-order valence-electron chi connectivity index (χ0n) is 12.8. The van der Waals surface area contributed by atoms with E-state index in [0.29, 0.717) is 13.1 Å². The molecule has 0 saturated heterocycles. The Labute approximate surface area is 130 Å². The van der Waals surface area contributed by atoms with Crippen molar-refractivity contribution in [3.63, 3.8) is 0 Å². The third kappa shape index (κ3) is 4.68. The zero-order valence-corrected chi connectivity index (χ0v) is 13.6. The van der Waals surface area contributed by atoms with Crippen molar-refractivity contribution in [2.45, 2.75) is 52.1 Å². The van der Waals surface area contributed by atoms with Gasteiger partial charge < -0.3 is 15.7 Å². The van der Waals surface area contributed by atoms with E-state index in [1.165, 1.54) is 0 Å². The predicted molar refractivity (Wildman–Crippen MR) is 84.5 cm³/mol. The average molecular weight is 311 g/mol. The van der Waals surface area contributed by atoms with Gasteiger partial charge in [-0.1, -0.05) is 19.8 Å². The third-order valence-electron chi connectivity index (χ3n) is 4.27. The maximum atomic E-state index is 11.8. The average Bonchev–Trinajstić information content (AvgIpc) is 2.86. The summed E-state index contributed by atoms with van der Waals surface area (Å²) in [7, 11) is 0. The molecule has 1 heterocycles. The Hall–Kier alpha value is -1.14. The normalized spacial score (nSPS) is 25.6. The molecule has 5 nitrogen and oxygen atoms in total. The van der Waals surface area contributed by atoms with Crippen molar-refractivity contribution < 1.29 is 9.90 Å². The summed E-state index contributed by atoms with van der Waals surface area (Å²) in [5.74, 6) is 0. The van der Waals surface area contributed by atoms with Crippen LogP contribution in [0.3, 0.4) is 0 Å². The Morgan fingerprint density at radius 1 is 1.52 bits per heavy atom. The number of aryl methyl sites for hydroxylation is 1. The highest BCUT2D eigenvalue weighted by Crippen LogP contribution is 2.35. The van der Waals surface area contributed by atoms with E-state index in [0.717, 1.165) is 42.8 Å². The van der Waals surface area contributed by atoms with Crippen LogP contribution in [0.5, 0.6) is 0 Å². The molecule has 2 unspecified atom stereocenters. The molecule has 0 aliphatic heterocycles. The van der Waals surface area contributed by atoms with E-state index in [9.17, 15) is 9.90 Å². The van der Waals surface area contributed by atoms with Crippen LogP contribution in [0.25, 0.3) is 0 Å². The fraction of sp³-hybridized carbons (Fsp3) is 0.733. The van der Waals surface area contributed by atoms with E-state index in [2.05, 4.69) is 22.5 Å². The molecule has 1 aromatic heterocycles. The number of aromatic nitrogens is 1. The molecule has 0 bridgehead atoms. The number of hydrogen-bond donors (Lipinski definition) is 3. The largest absolute Gasteiger partial charge is 0.392 e. The van der Waals surface area contributed by atoms with Gasteiger partial charge in [-0.05, 0) is 19.8 Å². The Bertz CT molecular complexity index is 477. The number of hydrogen-bond acceptors (Lipinski definition) is 4. The zero-order chi connectivity index (χ0) is 15.3. The number of aliphatic hydroxyl groups excluding tert-OH is 1. The van der Waals surface area contributed by atoms with Crippen LogP contribution in [0.15, 0.2) is 5.38 Å². The van der Waals surface area contributed by atoms with E-state index in [-0.39, 0.29) is 17.6 Å². The van der Waals surface area contributed by atoms with Crippen molar-refractivity contribution in [3.8, 4) is 0 Å². The van der Waals surface area contributed by atoms with Crippen LogP contribution in [0.1, 0.15) is 43.3 Å². The maximum Gasteiger partial charge on any atom is 0.314 e. The fourth-order valence-electron chi connectivity index (χ4n) is 2.76. The van der Waals surface area contributed by atoms with Crippen LogP contribution >= 0.6 is 11.3 Å². The standard InChI is InChI=1S/C15H25N3O2S/c1-11-18-12(9-21-11)6-8-16-14(20)17-10-15(2)7-4-3-5-13(15)19/h9,13,19H,3-8,10H2,1-2H3,(H2,16,17,20). The van der Waals surface area contributed by atoms with Crippen molar-refractivity contribution in [3.05, 3.63) is 16.1 Å². The second-order valence-corrected chi connectivity index (χ2v) is 7.20. The number of urea groups is 1. The molecule has 1 aromatic rings. The summed E-state index contributed by atoms with van der Waals surface area (Å²) in [5, 5.41) is 18.9. The molecular weight excluding hydrogens is 286 g/mol. The number of nitrogens with zero attached hydrogens (tertiary/aromatic N) is 1. The van der Waals surface area contributed by atoms with Crippen molar-refractivity contribution in [2.24, 2.45) is 5.41 Å². The first-order valence-corrected chi connectivity index (χ1v) is 8.48. The molecule has 1 saturated carbocycles. The molecule has 3 N–H and O–H groups in total. The summed E-state index contributed by atoms with van der Waals surface area (Å²) in [6.07, 6.45) is 4.44. The lowest BCUT2D eigenvalue weighted by molar-refractivity contribution is 0.00310. The van der Waals surface area contributed by atoms with Crippen LogP contribution in [-0.2, 0) is 6.42 Å². The van der Waals surface area contributed by atoms with Gasteiger partial charge in [-0.25, -0.2) is 9.78 Å². The summed E-state index contributed by atoms with van der Waals surface area (Å²) >= 11 is 1.62. The second-order valence-electron chi connectivity index (χ2n) is 6.13. The van der Waals surface area contributed by atoms with Gasteiger partial charge in [0.2, 0.25) is 0 Å². The minimum absolute atomic E-state index is 0.166. The number of carbonyl (C=O) groups excluding carboxylic acids is 1. The van der Waals surface area contributed by atoms with Crippen molar-refractivity contribution >= 4 is 17.4 Å². The van der Waals surface area contributed by atoms with Crippen LogP contribution in [0.4, 0.5) is 4.79 Å². The Balaban J connectivity index is 1.67. The second kappa shape index (κ2) is 7.22. The molecule has 2 amide bonds. The highest BCUT2D eigenvalue weighted by molar-refractivity contribution is 7.09. The molecule has 2 rings (SSSR count). The molecule has 21 heavy (non-hydrogen) atoms. The molecule has 1 aliphatic carbocycles. The summed E-state index contributed by atoms with van der Waals surface area (Å²) in [6, 6.07) is -0.166. The number of nitrogens with one attached hydrogen (secondary N) is 2. The Kier molecular flexibility index (Phi) is 5.58. The van der Waals surface area contributed by atoms with Gasteiger partial charge in [0, 0.05) is 30.3 Å². The summed E-state index contributed by atoms with van der Waals surface area (Å²) in [5.41, 5.74) is 0.828. The smallest absolute Gasteiger partial charge is 0.314 e. The van der Waals surface area contributed by atoms with Crippen molar-refractivity contribution in [1.82, 2.24) is 15.6 Å². The van der Waals surface area contributed by atoms with Gasteiger partial charge in [0.25, 0.3) is 0 Å². The first-order valence-electron chi connectivity index (χ1n) is 7.60. The Morgan fingerprint density at radius 3 is 3.00 bits per heavy atom. The van der Waals surface area contributed by atoms with Gasteiger partial charge in [0.1, 0.15) is 0 Å². The van der Waals surface area contributed by atoms with Gasteiger partial charge in [-0.2, -0.15) is 0 Å². The lowest BCUT2D eigenvalue weighted by Gasteiger charge is -2.38. The highest BCUT2D eigenvalue weighted by Gasteiger charge is 2.35. The third-order valence-corrected chi connectivity index (χ3v) is 5.09. The first-order chi connectivity index (χ1) is 9.99. The number of thiazole rings is 1. The predicted octanol–water partition coefficient (Wildman–Crippen LogP) is 2.23. The van der Waals surface area contributed by atoms with Crippen LogP contribution in [0, 0.1) is 12.3 Å². The molecule has 118 valence electrons. The van der Waals surface area contributed by atoms with Gasteiger partial charge in [-0.15, -0.1) is 11.3 Å². The van der Waals surface area contributed by atoms with E-state index in [1.54, 1.807) is 11.3 Å². The number of rotatable bonds is 5. The van der Waals surface area contributed by atoms with E-state index < -0.39 is 0 Å². The SMILES string of the molecule is Cc1nc(CCNC(=O)NCC2(C)CCCCC2O)cs1. The van der Waals surface area contributed by atoms with E-state index >= 15 is 0 Å². The Morgan fingerprint density at radius 2 is 2.33 bits per heavy atom. The van der Waals surface area contributed by atoms with Gasteiger partial charge in [0.15, 0.2) is 0 Å². The van der Waals surface area contributed by atoms with Gasteiger partial charge in [0.05, 0.1) is 16.8 Å². The molecule has 2 atom stereocenters. The number of carbonyl (C=O) groups is 1. The summed E-state index contributed by atoms with van der Waals surface area (Å²) in [6.45, 7) is 5.13. The molecule has 1 aliphatic rings. The molecule has 1 fully saturated rings. The van der Waals surface area contributed by atoms with Crippen molar-refractivity contribution in [2.75, 3.05) is 13.1 Å². The number of amides is 2. The molecule has 0 aromatic carbocycles. The van der Waals surface area contributed by atoms with E-state index in [1.807, 2.05) is 12.3 Å². The topological polar surface area (TPSA) is 74.2 Å². The summed E-state index contributed by atoms with van der Waals surface area (Å²) in [4.78, 5) is 16.2. The van der Waals surface area contributed by atoms with Gasteiger partial charge in [-0.3, -0.25) is 0 Å². The van der Waals surface area contributed by atoms with Crippen LogP contribution < -0.4 is 10.6 Å². The molecule has 0 radical (unpaired) electrons. The van der Waals surface area contributed by atoms with Crippen LogP contribution in [0.2, 0.25) is 0 Å². The quantitative estimate of drug-likeness (QED) is 0.780. The number of aliphatic hydroxyl groups is 1. The van der Waals surface area contributed by atoms with E-state index in [4.69, 9.17) is 0 Å². The highest BCUT2D eigenvalue weighted by atomic mass is 32.1. The fourth-order valence-corrected chi connectivity index (χ4v) is 3.41. The van der Waals surface area contributed by atoms with Gasteiger partial charge >= 0.3 is 6.03 Å². The molecule has 6 heteroatoms. The first kappa shape index (κ1) is 16.2. The lowest BCUT2D eigenvalue weighted by atomic mass is 9.73. The maximum absolute atomic E-state index is 11.8. The van der Waals surface area contributed by atoms with Crippen LogP contribution in [-0.4, -0.2) is 35.3 Å². The molecule has 0 spiro atoms. The minimum Gasteiger partial charge on any atom is -0.392 e.